The quantitative estimate of drug-likeness (QED) is 0.489. The van der Waals surface area contributed by atoms with Gasteiger partial charge in [-0.2, -0.15) is 0 Å². The molecule has 0 heterocycles. The topological polar surface area (TPSA) is 53.2 Å². The minimum absolute atomic E-state index is 0.217. The molecule has 2 rings (SSSR count). The first-order valence-corrected chi connectivity index (χ1v) is 9.89. The molecule has 138 valence electrons. The Hall–Kier alpha value is -1.83. The van der Waals surface area contributed by atoms with Gasteiger partial charge in [0.15, 0.2) is 5.11 Å². The molecule has 3 N–H and O–H groups in total. The van der Waals surface area contributed by atoms with Gasteiger partial charge in [0, 0.05) is 16.5 Å². The average molecular weight is 412 g/mol. The van der Waals surface area contributed by atoms with Crippen molar-refractivity contribution in [3.8, 4) is 0 Å². The minimum Gasteiger partial charge on any atom is -0.331 e. The first kappa shape index (κ1) is 20.5. The summed E-state index contributed by atoms with van der Waals surface area (Å²) in [5.41, 5.74) is 8.05. The summed E-state index contributed by atoms with van der Waals surface area (Å²) in [6.45, 7) is 2.06. The van der Waals surface area contributed by atoms with Crippen LogP contribution in [0.3, 0.4) is 0 Å². The molecular formula is C18H19ClFN3OS2. The van der Waals surface area contributed by atoms with E-state index in [1.54, 1.807) is 6.07 Å². The number of para-hydroxylation sites is 1. The molecule has 0 aliphatic rings. The number of hydrazine groups is 1. The Morgan fingerprint density at radius 1 is 1.19 bits per heavy atom. The lowest BCUT2D eigenvalue weighted by Gasteiger charge is -2.14. The molecule has 0 spiro atoms. The molecule has 0 unspecified atom stereocenters. The van der Waals surface area contributed by atoms with E-state index in [1.807, 2.05) is 24.3 Å². The van der Waals surface area contributed by atoms with Crippen LogP contribution in [-0.4, -0.2) is 16.8 Å². The number of thiocarbonyl (C=S) groups is 1. The van der Waals surface area contributed by atoms with E-state index in [0.29, 0.717) is 15.9 Å². The predicted molar refractivity (Wildman–Crippen MR) is 111 cm³/mol. The van der Waals surface area contributed by atoms with Gasteiger partial charge in [0.25, 0.3) is 0 Å². The number of halogens is 2. The van der Waals surface area contributed by atoms with Crippen molar-refractivity contribution >= 4 is 52.3 Å². The number of amides is 1. The lowest BCUT2D eigenvalue weighted by molar-refractivity contribution is -0.119. The number of benzene rings is 2. The van der Waals surface area contributed by atoms with E-state index in [2.05, 4.69) is 23.1 Å². The maximum absolute atomic E-state index is 13.0. The highest BCUT2D eigenvalue weighted by molar-refractivity contribution is 7.99. The van der Waals surface area contributed by atoms with Gasteiger partial charge in [-0.05, 0) is 48.0 Å². The van der Waals surface area contributed by atoms with E-state index >= 15 is 0 Å². The van der Waals surface area contributed by atoms with Crippen LogP contribution < -0.4 is 16.2 Å². The molecule has 0 saturated heterocycles. The Kier molecular flexibility index (Phi) is 8.15. The van der Waals surface area contributed by atoms with Crippen molar-refractivity contribution in [1.29, 1.82) is 0 Å². The Labute approximate surface area is 166 Å². The fourth-order valence-electron chi connectivity index (χ4n) is 2.16. The van der Waals surface area contributed by atoms with Crippen LogP contribution in [0.15, 0.2) is 42.5 Å². The van der Waals surface area contributed by atoms with Gasteiger partial charge in [0.05, 0.1) is 5.75 Å². The second-order valence-electron chi connectivity index (χ2n) is 5.37. The number of hydrogen-bond acceptors (Lipinski definition) is 3. The Morgan fingerprint density at radius 3 is 2.69 bits per heavy atom. The lowest BCUT2D eigenvalue weighted by Crippen LogP contribution is -2.44. The number of nitrogens with one attached hydrogen (secondary N) is 3. The third-order valence-corrected chi connectivity index (χ3v) is 5.01. The SMILES string of the molecule is CCc1ccccc1NC(=S)NNC(=O)CSCc1ccc(F)cc1Cl. The van der Waals surface area contributed by atoms with Crippen molar-refractivity contribution in [3.63, 3.8) is 0 Å². The van der Waals surface area contributed by atoms with Crippen molar-refractivity contribution in [2.75, 3.05) is 11.1 Å². The van der Waals surface area contributed by atoms with Gasteiger partial charge in [-0.1, -0.05) is 42.8 Å². The summed E-state index contributed by atoms with van der Waals surface area (Å²) in [6, 6.07) is 12.1. The van der Waals surface area contributed by atoms with Gasteiger partial charge < -0.3 is 5.32 Å². The molecule has 0 aliphatic heterocycles. The molecule has 0 aromatic heterocycles. The fourth-order valence-corrected chi connectivity index (χ4v) is 3.46. The van der Waals surface area contributed by atoms with Crippen LogP contribution in [0.4, 0.5) is 10.1 Å². The van der Waals surface area contributed by atoms with E-state index < -0.39 is 0 Å². The van der Waals surface area contributed by atoms with Crippen molar-refractivity contribution < 1.29 is 9.18 Å². The van der Waals surface area contributed by atoms with Gasteiger partial charge in [-0.3, -0.25) is 15.6 Å². The van der Waals surface area contributed by atoms with Gasteiger partial charge >= 0.3 is 0 Å². The zero-order chi connectivity index (χ0) is 18.9. The summed E-state index contributed by atoms with van der Waals surface area (Å²) in [5, 5.41) is 3.73. The van der Waals surface area contributed by atoms with Gasteiger partial charge in [-0.15, -0.1) is 11.8 Å². The van der Waals surface area contributed by atoms with Crippen LogP contribution in [-0.2, 0) is 17.0 Å². The second-order valence-corrected chi connectivity index (χ2v) is 7.17. The Balaban J connectivity index is 1.72. The number of rotatable bonds is 6. The summed E-state index contributed by atoms with van der Waals surface area (Å²) in [6.07, 6.45) is 0.876. The van der Waals surface area contributed by atoms with Crippen molar-refractivity contribution in [2.24, 2.45) is 0 Å². The summed E-state index contributed by atoms with van der Waals surface area (Å²) in [4.78, 5) is 11.9. The molecule has 0 atom stereocenters. The lowest BCUT2D eigenvalue weighted by atomic mass is 10.1. The number of hydrogen-bond donors (Lipinski definition) is 3. The fraction of sp³-hybridized carbons (Fsp3) is 0.222. The minimum atomic E-state index is -0.378. The van der Waals surface area contributed by atoms with E-state index in [0.717, 1.165) is 23.2 Å². The number of aryl methyl sites for hydroxylation is 1. The highest BCUT2D eigenvalue weighted by Gasteiger charge is 2.07. The Morgan fingerprint density at radius 2 is 1.96 bits per heavy atom. The highest BCUT2D eigenvalue weighted by atomic mass is 35.5. The summed E-state index contributed by atoms with van der Waals surface area (Å²) in [7, 11) is 0. The molecular weight excluding hydrogens is 393 g/mol. The van der Waals surface area contributed by atoms with Crippen LogP contribution in [0.1, 0.15) is 18.1 Å². The number of carbonyl (C=O) groups is 1. The molecule has 2 aromatic carbocycles. The van der Waals surface area contributed by atoms with Crippen LogP contribution in [0.5, 0.6) is 0 Å². The number of thioether (sulfide) groups is 1. The molecule has 0 radical (unpaired) electrons. The van der Waals surface area contributed by atoms with Gasteiger partial charge in [-0.25, -0.2) is 4.39 Å². The first-order chi connectivity index (χ1) is 12.5. The van der Waals surface area contributed by atoms with Crippen molar-refractivity contribution in [3.05, 3.63) is 64.4 Å². The second kappa shape index (κ2) is 10.4. The molecule has 0 fully saturated rings. The molecule has 1 amide bonds. The van der Waals surface area contributed by atoms with Crippen LogP contribution in [0.25, 0.3) is 0 Å². The zero-order valence-corrected chi connectivity index (χ0v) is 16.5. The highest BCUT2D eigenvalue weighted by Crippen LogP contribution is 2.22. The predicted octanol–water partition coefficient (Wildman–Crippen LogP) is 4.29. The first-order valence-electron chi connectivity index (χ1n) is 7.95. The van der Waals surface area contributed by atoms with Crippen LogP contribution in [0.2, 0.25) is 5.02 Å². The van der Waals surface area contributed by atoms with Crippen molar-refractivity contribution in [2.45, 2.75) is 19.1 Å². The van der Waals surface area contributed by atoms with E-state index in [-0.39, 0.29) is 17.5 Å². The monoisotopic (exact) mass is 411 g/mol. The summed E-state index contributed by atoms with van der Waals surface area (Å²) >= 11 is 12.5. The summed E-state index contributed by atoms with van der Waals surface area (Å²) < 4.78 is 13.0. The molecule has 0 saturated carbocycles. The number of anilines is 1. The summed E-state index contributed by atoms with van der Waals surface area (Å²) in [5.74, 6) is 0.131. The maximum Gasteiger partial charge on any atom is 0.248 e. The van der Waals surface area contributed by atoms with Crippen molar-refractivity contribution in [1.82, 2.24) is 10.9 Å². The Bertz CT molecular complexity index is 789. The molecule has 0 aliphatic carbocycles. The molecule has 2 aromatic rings. The van der Waals surface area contributed by atoms with E-state index in [1.165, 1.54) is 23.9 Å². The largest absolute Gasteiger partial charge is 0.331 e. The third kappa shape index (κ3) is 6.48. The molecule has 0 bridgehead atoms. The van der Waals surface area contributed by atoms with Crippen LogP contribution in [0, 0.1) is 5.82 Å². The van der Waals surface area contributed by atoms with Gasteiger partial charge in [0.1, 0.15) is 5.82 Å². The normalized spacial score (nSPS) is 10.3. The van der Waals surface area contributed by atoms with E-state index in [9.17, 15) is 9.18 Å². The average Bonchev–Trinajstić information content (AvgIpc) is 2.62. The molecule has 8 heteroatoms. The third-order valence-electron chi connectivity index (χ3n) is 3.47. The van der Waals surface area contributed by atoms with E-state index in [4.69, 9.17) is 23.8 Å². The zero-order valence-electron chi connectivity index (χ0n) is 14.1. The smallest absolute Gasteiger partial charge is 0.248 e. The molecule has 4 nitrogen and oxygen atoms in total. The standard InChI is InChI=1S/C18H19ClFN3OS2/c1-2-12-5-3-4-6-16(12)21-18(25)23-22-17(24)11-26-10-13-7-8-14(20)9-15(13)19/h3-9H,2,10-11H2,1H3,(H,22,24)(H2,21,23,25). The van der Waals surface area contributed by atoms with Crippen LogP contribution >= 0.6 is 35.6 Å². The molecule has 26 heavy (non-hydrogen) atoms. The van der Waals surface area contributed by atoms with Gasteiger partial charge in [0.2, 0.25) is 5.91 Å². The number of carbonyl (C=O) groups excluding carboxylic acids is 1. The maximum atomic E-state index is 13.0.